The van der Waals surface area contributed by atoms with Crippen molar-refractivity contribution in [2.75, 3.05) is 6.61 Å². The zero-order valence-electron chi connectivity index (χ0n) is 21.4. The quantitative estimate of drug-likeness (QED) is 0.312. The van der Waals surface area contributed by atoms with Crippen LogP contribution in [0.25, 0.3) is 0 Å². The van der Waals surface area contributed by atoms with Gasteiger partial charge >= 0.3 is 17.9 Å². The van der Waals surface area contributed by atoms with Crippen molar-refractivity contribution in [1.82, 2.24) is 0 Å². The van der Waals surface area contributed by atoms with E-state index in [0.717, 1.165) is 0 Å². The number of ether oxygens (including phenoxy) is 6. The first-order valence-electron chi connectivity index (χ1n) is 12.6. The molecular weight excluding hydrogens is 504 g/mol. The largest absolute Gasteiger partial charge is 0.458 e. The Hall–Kier alpha value is -4.05. The van der Waals surface area contributed by atoms with Crippen LogP contribution in [0.5, 0.6) is 0 Å². The van der Waals surface area contributed by atoms with Crippen molar-refractivity contribution in [2.24, 2.45) is 0 Å². The summed E-state index contributed by atoms with van der Waals surface area (Å²) >= 11 is 0. The van der Waals surface area contributed by atoms with E-state index in [1.165, 1.54) is 0 Å². The van der Waals surface area contributed by atoms with Gasteiger partial charge in [0.2, 0.25) is 0 Å². The van der Waals surface area contributed by atoms with Gasteiger partial charge in [-0.15, -0.1) is 0 Å². The maximum atomic E-state index is 13.0. The van der Waals surface area contributed by atoms with Crippen LogP contribution in [0, 0.1) is 0 Å². The standard InChI is InChI=1S/C30H28O9/c1-30(2)38-25-24(36-28(33)21-16-10-5-11-17-21)23(37-29(25)39-30)22(35-27(32)20-14-8-4-9-15-20)18-34-26(31)19-12-6-3-7-13-19/h3-17,22-25,29H,18H2,1-2H3/t22-,23+,24-,25+,29-/m1/s1. The van der Waals surface area contributed by atoms with Gasteiger partial charge in [0.25, 0.3) is 0 Å². The highest BCUT2D eigenvalue weighted by Gasteiger charge is 2.59. The summed E-state index contributed by atoms with van der Waals surface area (Å²) in [5.74, 6) is -2.88. The van der Waals surface area contributed by atoms with Gasteiger partial charge in [0, 0.05) is 0 Å². The molecule has 2 fully saturated rings. The minimum Gasteiger partial charge on any atom is -0.458 e. The summed E-state index contributed by atoms with van der Waals surface area (Å²) in [4.78, 5) is 38.8. The van der Waals surface area contributed by atoms with E-state index in [9.17, 15) is 14.4 Å². The lowest BCUT2D eigenvalue weighted by Crippen LogP contribution is -2.47. The Morgan fingerprint density at radius 2 is 1.26 bits per heavy atom. The number of hydrogen-bond acceptors (Lipinski definition) is 9. The van der Waals surface area contributed by atoms with Gasteiger partial charge in [-0.3, -0.25) is 0 Å². The molecule has 0 N–H and O–H groups in total. The summed E-state index contributed by atoms with van der Waals surface area (Å²) in [5.41, 5.74) is 0.947. The molecule has 39 heavy (non-hydrogen) atoms. The molecule has 9 nitrogen and oxygen atoms in total. The predicted octanol–water partition coefficient (Wildman–Crippen LogP) is 4.17. The molecule has 2 heterocycles. The van der Waals surface area contributed by atoms with Crippen LogP contribution in [0.2, 0.25) is 0 Å². The normalized spacial score (nSPS) is 23.8. The minimum absolute atomic E-state index is 0.293. The Balaban J connectivity index is 1.41. The molecule has 0 aromatic heterocycles. The Morgan fingerprint density at radius 3 is 1.82 bits per heavy atom. The van der Waals surface area contributed by atoms with Crippen molar-refractivity contribution in [3.8, 4) is 0 Å². The van der Waals surface area contributed by atoms with E-state index in [0.29, 0.717) is 16.7 Å². The monoisotopic (exact) mass is 532 g/mol. The summed E-state index contributed by atoms with van der Waals surface area (Å²) in [6, 6.07) is 25.2. The molecule has 0 bridgehead atoms. The van der Waals surface area contributed by atoms with Crippen molar-refractivity contribution in [1.29, 1.82) is 0 Å². The molecule has 0 spiro atoms. The lowest BCUT2D eigenvalue weighted by Gasteiger charge is -2.30. The molecule has 2 aliphatic heterocycles. The first-order valence-corrected chi connectivity index (χ1v) is 12.6. The maximum absolute atomic E-state index is 13.0. The van der Waals surface area contributed by atoms with E-state index in [2.05, 4.69) is 0 Å². The topological polar surface area (TPSA) is 107 Å². The van der Waals surface area contributed by atoms with E-state index in [4.69, 9.17) is 28.4 Å². The smallest absolute Gasteiger partial charge is 0.338 e. The van der Waals surface area contributed by atoms with Gasteiger partial charge in [-0.25, -0.2) is 14.4 Å². The lowest BCUT2D eigenvalue weighted by molar-refractivity contribution is -0.227. The highest BCUT2D eigenvalue weighted by molar-refractivity contribution is 5.90. The predicted molar refractivity (Wildman–Crippen MR) is 137 cm³/mol. The van der Waals surface area contributed by atoms with Crippen LogP contribution >= 0.6 is 0 Å². The van der Waals surface area contributed by atoms with E-state index in [1.54, 1.807) is 105 Å². The number of rotatable bonds is 8. The highest BCUT2D eigenvalue weighted by atomic mass is 16.8. The minimum atomic E-state index is -1.15. The fourth-order valence-electron chi connectivity index (χ4n) is 4.49. The second kappa shape index (κ2) is 11.4. The van der Waals surface area contributed by atoms with Gasteiger partial charge in [-0.1, -0.05) is 54.6 Å². The molecule has 9 heteroatoms. The van der Waals surface area contributed by atoms with Crippen molar-refractivity contribution >= 4 is 17.9 Å². The SMILES string of the molecule is CC1(C)O[C@H]2O[C@@H]([C@@H](COC(=O)c3ccccc3)OC(=O)c3ccccc3)[C@@H](OC(=O)c3ccccc3)[C@@H]2O1. The summed E-state index contributed by atoms with van der Waals surface area (Å²) in [6.07, 6.45) is -4.95. The van der Waals surface area contributed by atoms with Gasteiger partial charge < -0.3 is 28.4 Å². The number of hydrogen-bond donors (Lipinski definition) is 0. The lowest BCUT2D eigenvalue weighted by atomic mass is 10.1. The molecule has 202 valence electrons. The van der Waals surface area contributed by atoms with Crippen LogP contribution in [-0.2, 0) is 28.4 Å². The Bertz CT molecular complexity index is 1290. The van der Waals surface area contributed by atoms with E-state index >= 15 is 0 Å². The number of carbonyl (C=O) groups is 3. The Morgan fingerprint density at radius 1 is 0.744 bits per heavy atom. The maximum Gasteiger partial charge on any atom is 0.338 e. The molecule has 5 atom stereocenters. The van der Waals surface area contributed by atoms with E-state index in [-0.39, 0.29) is 6.61 Å². The molecular formula is C30H28O9. The second-order valence-corrected chi connectivity index (χ2v) is 9.58. The third-order valence-electron chi connectivity index (χ3n) is 6.30. The highest BCUT2D eigenvalue weighted by Crippen LogP contribution is 2.40. The second-order valence-electron chi connectivity index (χ2n) is 9.58. The number of esters is 3. The molecule has 3 aromatic carbocycles. The fourth-order valence-corrected chi connectivity index (χ4v) is 4.49. The summed E-state index contributed by atoms with van der Waals surface area (Å²) in [7, 11) is 0. The van der Waals surface area contributed by atoms with Gasteiger partial charge in [-0.05, 0) is 50.2 Å². The molecule has 0 unspecified atom stereocenters. The number of benzene rings is 3. The Kier molecular flexibility index (Phi) is 7.74. The molecule has 3 aromatic rings. The third kappa shape index (κ3) is 6.17. The molecule has 0 saturated carbocycles. The van der Waals surface area contributed by atoms with Crippen LogP contribution in [0.4, 0.5) is 0 Å². The van der Waals surface area contributed by atoms with Crippen molar-refractivity contribution in [2.45, 2.75) is 50.3 Å². The average Bonchev–Trinajstić information content (AvgIpc) is 3.43. The van der Waals surface area contributed by atoms with Crippen LogP contribution in [0.1, 0.15) is 44.9 Å². The Labute approximate surface area is 225 Å². The molecule has 5 rings (SSSR count). The van der Waals surface area contributed by atoms with Crippen LogP contribution in [0.15, 0.2) is 91.0 Å². The van der Waals surface area contributed by atoms with Gasteiger partial charge in [0.15, 0.2) is 30.4 Å². The summed E-state index contributed by atoms with van der Waals surface area (Å²) in [5, 5.41) is 0. The van der Waals surface area contributed by atoms with Crippen molar-refractivity contribution in [3.05, 3.63) is 108 Å². The molecule has 2 saturated heterocycles. The van der Waals surface area contributed by atoms with Gasteiger partial charge in [0.05, 0.1) is 16.7 Å². The zero-order valence-corrected chi connectivity index (χ0v) is 21.4. The summed E-state index contributed by atoms with van der Waals surface area (Å²) in [6.45, 7) is 3.07. The van der Waals surface area contributed by atoms with E-state index < -0.39 is 54.4 Å². The average molecular weight is 533 g/mol. The fraction of sp³-hybridized carbons (Fsp3) is 0.300. The first kappa shape index (κ1) is 26.6. The first-order chi connectivity index (χ1) is 18.8. The van der Waals surface area contributed by atoms with Gasteiger partial charge in [0.1, 0.15) is 12.7 Å². The van der Waals surface area contributed by atoms with Crippen LogP contribution in [0.3, 0.4) is 0 Å². The third-order valence-corrected chi connectivity index (χ3v) is 6.30. The molecule has 0 aliphatic carbocycles. The number of carbonyl (C=O) groups excluding carboxylic acids is 3. The van der Waals surface area contributed by atoms with E-state index in [1.807, 2.05) is 0 Å². The molecule has 0 radical (unpaired) electrons. The molecule has 0 amide bonds. The summed E-state index contributed by atoms with van der Waals surface area (Å²) < 4.78 is 35.2. The molecule has 2 aliphatic rings. The zero-order chi connectivity index (χ0) is 27.4. The van der Waals surface area contributed by atoms with Crippen molar-refractivity contribution in [3.63, 3.8) is 0 Å². The van der Waals surface area contributed by atoms with Crippen LogP contribution in [-0.4, -0.2) is 61.0 Å². The van der Waals surface area contributed by atoms with Crippen molar-refractivity contribution < 1.29 is 42.8 Å². The number of fused-ring (bicyclic) bond motifs is 1. The van der Waals surface area contributed by atoms with Crippen LogP contribution < -0.4 is 0 Å². The van der Waals surface area contributed by atoms with Gasteiger partial charge in [-0.2, -0.15) is 0 Å².